The molecule has 0 fully saturated rings. The fraction of sp³-hybridized carbons (Fsp3) is 1.00. The van der Waals surface area contributed by atoms with E-state index in [-0.39, 0.29) is 0 Å². The molecule has 0 spiro atoms. The van der Waals surface area contributed by atoms with Crippen molar-refractivity contribution in [2.24, 2.45) is 0 Å². The molecule has 0 saturated carbocycles. The van der Waals surface area contributed by atoms with E-state index in [2.05, 4.69) is 0 Å². The van der Waals surface area contributed by atoms with Crippen molar-refractivity contribution in [1.82, 2.24) is 0 Å². The minimum Gasteiger partial charge on any atom is -0.395 e. The lowest BCUT2D eigenvalue weighted by Crippen LogP contribution is -2.62. The molecule has 13 heavy (non-hydrogen) atoms. The van der Waals surface area contributed by atoms with Crippen molar-refractivity contribution in [2.75, 3.05) is 28.4 Å². The molecule has 0 aromatic rings. The number of methoxy groups -OCH3 is 2. The number of hydrogen-bond donors (Lipinski definition) is 0. The maximum Gasteiger partial charge on any atom is 0.396 e. The molecule has 5 heteroatoms. The van der Waals surface area contributed by atoms with Crippen molar-refractivity contribution < 1.29 is 18.3 Å². The van der Waals surface area contributed by atoms with E-state index < -0.39 is 14.0 Å². The first kappa shape index (κ1) is 13.1. The van der Waals surface area contributed by atoms with Crippen molar-refractivity contribution in [2.45, 2.75) is 25.3 Å². The molecule has 0 radical (unpaired) electrons. The van der Waals surface area contributed by atoms with Crippen LogP contribution in [-0.4, -0.2) is 42.4 Å². The lowest BCUT2D eigenvalue weighted by Gasteiger charge is -2.40. The minimum atomic E-state index is -2.42. The third-order valence-corrected chi connectivity index (χ3v) is 6.30. The largest absolute Gasteiger partial charge is 0.396 e. The second-order valence-electron chi connectivity index (χ2n) is 2.87. The number of hydrogen-bond acceptors (Lipinski definition) is 4. The van der Waals surface area contributed by atoms with Gasteiger partial charge in [0.1, 0.15) is 0 Å². The molecule has 0 bridgehead atoms. The molecule has 0 unspecified atom stereocenters. The Morgan fingerprint density at radius 3 is 1.46 bits per heavy atom. The minimum absolute atomic E-state index is 0.699. The summed E-state index contributed by atoms with van der Waals surface area (Å²) in [5.74, 6) is 0. The molecule has 0 aliphatic heterocycles. The van der Waals surface area contributed by atoms with Gasteiger partial charge in [-0.15, -0.1) is 0 Å². The van der Waals surface area contributed by atoms with Gasteiger partial charge in [0, 0.05) is 34.9 Å². The Morgan fingerprint density at radius 1 is 1.00 bits per heavy atom. The SMILES string of the molecule is CCC(OC)(OC)[Si](C)(OC)OC. The summed E-state index contributed by atoms with van der Waals surface area (Å²) in [4.78, 5) is 0. The predicted octanol–water partition coefficient (Wildman–Crippen LogP) is 1.29. The number of ether oxygens (including phenoxy) is 2. The van der Waals surface area contributed by atoms with Crippen LogP contribution in [0.2, 0.25) is 6.55 Å². The Kier molecular flexibility index (Phi) is 5.09. The molecule has 4 nitrogen and oxygen atoms in total. The Hall–Kier alpha value is 0.0569. The first-order valence-electron chi connectivity index (χ1n) is 4.26. The summed E-state index contributed by atoms with van der Waals surface area (Å²) in [7, 11) is 4.04. The first-order valence-corrected chi connectivity index (χ1v) is 6.58. The highest BCUT2D eigenvalue weighted by molar-refractivity contribution is 6.68. The van der Waals surface area contributed by atoms with Crippen LogP contribution in [0.3, 0.4) is 0 Å². The molecular weight excluding hydrogens is 188 g/mol. The van der Waals surface area contributed by atoms with E-state index in [9.17, 15) is 0 Å². The second-order valence-corrected chi connectivity index (χ2v) is 6.34. The maximum absolute atomic E-state index is 5.39. The topological polar surface area (TPSA) is 36.9 Å². The van der Waals surface area contributed by atoms with Crippen LogP contribution in [0.4, 0.5) is 0 Å². The van der Waals surface area contributed by atoms with Gasteiger partial charge < -0.3 is 18.3 Å². The lowest BCUT2D eigenvalue weighted by atomic mass is 10.5. The van der Waals surface area contributed by atoms with E-state index in [1.165, 1.54) is 0 Å². The molecule has 0 aliphatic rings. The van der Waals surface area contributed by atoms with Crippen LogP contribution in [0.1, 0.15) is 13.3 Å². The molecule has 80 valence electrons. The van der Waals surface area contributed by atoms with Gasteiger partial charge in [-0.1, -0.05) is 6.92 Å². The summed E-state index contributed by atoms with van der Waals surface area (Å²) in [6.07, 6.45) is 0.699. The lowest BCUT2D eigenvalue weighted by molar-refractivity contribution is -0.174. The average Bonchev–Trinajstić information content (AvgIpc) is 2.20. The molecule has 0 aliphatic carbocycles. The van der Waals surface area contributed by atoms with Gasteiger partial charge in [-0.2, -0.15) is 0 Å². The molecule has 0 amide bonds. The van der Waals surface area contributed by atoms with Crippen LogP contribution < -0.4 is 0 Å². The van der Waals surface area contributed by atoms with E-state index in [1.807, 2.05) is 13.5 Å². The van der Waals surface area contributed by atoms with E-state index >= 15 is 0 Å². The van der Waals surface area contributed by atoms with Gasteiger partial charge in [0.25, 0.3) is 0 Å². The highest BCUT2D eigenvalue weighted by atomic mass is 28.4. The zero-order chi connectivity index (χ0) is 10.5. The van der Waals surface area contributed by atoms with Gasteiger partial charge >= 0.3 is 8.56 Å². The zero-order valence-electron chi connectivity index (χ0n) is 9.34. The summed E-state index contributed by atoms with van der Waals surface area (Å²) >= 11 is 0. The number of rotatable bonds is 6. The standard InChI is InChI=1S/C8H20O4Si/c1-7-8(9-2,10-3)13(6,11-4)12-5/h7H2,1-6H3. The van der Waals surface area contributed by atoms with Crippen molar-refractivity contribution in [3.63, 3.8) is 0 Å². The van der Waals surface area contributed by atoms with Crippen LogP contribution in [-0.2, 0) is 18.3 Å². The Bertz CT molecular complexity index is 135. The predicted molar refractivity (Wildman–Crippen MR) is 52.7 cm³/mol. The highest BCUT2D eigenvalue weighted by Crippen LogP contribution is 2.29. The molecule has 0 rings (SSSR count). The van der Waals surface area contributed by atoms with E-state index in [0.717, 1.165) is 0 Å². The van der Waals surface area contributed by atoms with Gasteiger partial charge in [-0.25, -0.2) is 0 Å². The second kappa shape index (κ2) is 5.07. The quantitative estimate of drug-likeness (QED) is 0.487. The summed E-state index contributed by atoms with van der Waals surface area (Å²) in [5, 5.41) is 0. The Morgan fingerprint density at radius 2 is 1.38 bits per heavy atom. The maximum atomic E-state index is 5.39. The van der Waals surface area contributed by atoms with Crippen LogP contribution in [0.25, 0.3) is 0 Å². The summed E-state index contributed by atoms with van der Waals surface area (Å²) in [5.41, 5.74) is -0.726. The van der Waals surface area contributed by atoms with Crippen molar-refractivity contribution in [1.29, 1.82) is 0 Å². The molecular formula is C8H20O4Si. The zero-order valence-corrected chi connectivity index (χ0v) is 10.3. The van der Waals surface area contributed by atoms with Crippen LogP contribution in [0.5, 0.6) is 0 Å². The Balaban J connectivity index is 4.87. The van der Waals surface area contributed by atoms with Crippen LogP contribution in [0.15, 0.2) is 0 Å². The van der Waals surface area contributed by atoms with Gasteiger partial charge in [0.05, 0.1) is 0 Å². The average molecular weight is 208 g/mol. The molecule has 0 saturated heterocycles. The molecule has 0 atom stereocenters. The van der Waals surface area contributed by atoms with E-state index in [1.54, 1.807) is 28.4 Å². The van der Waals surface area contributed by atoms with Crippen molar-refractivity contribution in [3.8, 4) is 0 Å². The molecule has 0 aromatic carbocycles. The van der Waals surface area contributed by atoms with E-state index in [0.29, 0.717) is 6.42 Å². The smallest absolute Gasteiger partial charge is 0.395 e. The molecule has 0 aromatic heterocycles. The molecule has 0 N–H and O–H groups in total. The van der Waals surface area contributed by atoms with Gasteiger partial charge in [-0.3, -0.25) is 0 Å². The molecule has 0 heterocycles. The van der Waals surface area contributed by atoms with E-state index in [4.69, 9.17) is 18.3 Å². The third-order valence-electron chi connectivity index (χ3n) is 2.60. The third kappa shape index (κ3) is 2.11. The van der Waals surface area contributed by atoms with Crippen molar-refractivity contribution >= 4 is 8.56 Å². The summed E-state index contributed by atoms with van der Waals surface area (Å²) in [6.45, 7) is 3.90. The fourth-order valence-electron chi connectivity index (χ4n) is 1.46. The van der Waals surface area contributed by atoms with Gasteiger partial charge in [0.2, 0.25) is 5.41 Å². The normalized spacial score (nSPS) is 13.4. The van der Waals surface area contributed by atoms with Crippen molar-refractivity contribution in [3.05, 3.63) is 0 Å². The van der Waals surface area contributed by atoms with Gasteiger partial charge in [0.15, 0.2) is 0 Å². The fourth-order valence-corrected chi connectivity index (χ4v) is 3.63. The first-order chi connectivity index (χ1) is 6.05. The van der Waals surface area contributed by atoms with Crippen LogP contribution in [0, 0.1) is 0 Å². The van der Waals surface area contributed by atoms with Crippen LogP contribution >= 0.6 is 0 Å². The summed E-state index contributed by atoms with van der Waals surface area (Å²) < 4.78 is 21.5. The van der Waals surface area contributed by atoms with Gasteiger partial charge in [-0.05, 0) is 6.55 Å². The Labute approximate surface area is 81.4 Å². The monoisotopic (exact) mass is 208 g/mol. The highest BCUT2D eigenvalue weighted by Gasteiger charge is 2.54. The summed E-state index contributed by atoms with van der Waals surface area (Å²) in [6, 6.07) is 0.